The third kappa shape index (κ3) is 3.09. The molecule has 0 radical (unpaired) electrons. The van der Waals surface area contributed by atoms with Gasteiger partial charge >= 0.3 is 5.97 Å². The van der Waals surface area contributed by atoms with Crippen molar-refractivity contribution in [2.24, 2.45) is 0 Å². The van der Waals surface area contributed by atoms with Crippen molar-refractivity contribution in [2.45, 2.75) is 13.0 Å². The summed E-state index contributed by atoms with van der Waals surface area (Å²) in [6, 6.07) is 14.5. The van der Waals surface area contributed by atoms with E-state index in [1.807, 2.05) is 30.6 Å². The number of carboxylic acids is 1. The van der Waals surface area contributed by atoms with E-state index in [0.29, 0.717) is 12.4 Å². The number of carboxylic acid groups (broad SMARTS) is 1. The summed E-state index contributed by atoms with van der Waals surface area (Å²) in [6.07, 6.45) is 2.65. The van der Waals surface area contributed by atoms with Crippen molar-refractivity contribution in [1.82, 2.24) is 9.55 Å². The summed E-state index contributed by atoms with van der Waals surface area (Å²) in [6.45, 7) is 1.33. The van der Waals surface area contributed by atoms with Gasteiger partial charge in [-0.1, -0.05) is 18.2 Å². The van der Waals surface area contributed by atoms with Crippen LogP contribution in [0, 0.1) is 0 Å². The number of hydrogen-bond acceptors (Lipinski definition) is 3. The molecule has 112 valence electrons. The molecule has 0 atom stereocenters. The lowest BCUT2D eigenvalue weighted by Crippen LogP contribution is -2.04. The molecule has 22 heavy (non-hydrogen) atoms. The SMILES string of the molecule is O=C(O)c1cccc(OCCCn2cnc3ccccc32)c1. The molecule has 0 amide bonds. The van der Waals surface area contributed by atoms with Gasteiger partial charge in [-0.15, -0.1) is 0 Å². The number of carbonyl (C=O) groups is 1. The van der Waals surface area contributed by atoms with Crippen LogP contribution in [0.15, 0.2) is 54.9 Å². The number of ether oxygens (including phenoxy) is 1. The summed E-state index contributed by atoms with van der Waals surface area (Å²) in [7, 11) is 0. The van der Waals surface area contributed by atoms with Crippen LogP contribution in [0.3, 0.4) is 0 Å². The number of para-hydroxylation sites is 2. The van der Waals surface area contributed by atoms with Gasteiger partial charge in [-0.2, -0.15) is 0 Å². The van der Waals surface area contributed by atoms with Crippen LogP contribution in [-0.4, -0.2) is 27.2 Å². The average Bonchev–Trinajstić information content (AvgIpc) is 2.95. The Hall–Kier alpha value is -2.82. The lowest BCUT2D eigenvalue weighted by molar-refractivity contribution is 0.0696. The lowest BCUT2D eigenvalue weighted by Gasteiger charge is -2.08. The molecule has 3 aromatic rings. The Morgan fingerprint density at radius 2 is 2.05 bits per heavy atom. The zero-order valence-electron chi connectivity index (χ0n) is 12.0. The fourth-order valence-electron chi connectivity index (χ4n) is 2.33. The molecule has 0 aliphatic carbocycles. The molecule has 0 bridgehead atoms. The van der Waals surface area contributed by atoms with E-state index in [0.717, 1.165) is 24.0 Å². The number of hydrogen-bond donors (Lipinski definition) is 1. The van der Waals surface area contributed by atoms with E-state index in [9.17, 15) is 4.79 Å². The van der Waals surface area contributed by atoms with Gasteiger partial charge in [0.05, 0.1) is 29.5 Å². The Labute approximate surface area is 127 Å². The minimum atomic E-state index is -0.949. The number of aryl methyl sites for hydroxylation is 1. The minimum Gasteiger partial charge on any atom is -0.494 e. The van der Waals surface area contributed by atoms with Gasteiger partial charge in [-0.25, -0.2) is 9.78 Å². The van der Waals surface area contributed by atoms with Crippen molar-refractivity contribution < 1.29 is 14.6 Å². The van der Waals surface area contributed by atoms with Gasteiger partial charge in [0.2, 0.25) is 0 Å². The monoisotopic (exact) mass is 296 g/mol. The largest absolute Gasteiger partial charge is 0.494 e. The van der Waals surface area contributed by atoms with E-state index in [4.69, 9.17) is 9.84 Å². The maximum atomic E-state index is 10.9. The van der Waals surface area contributed by atoms with Gasteiger partial charge in [0, 0.05) is 6.54 Å². The zero-order chi connectivity index (χ0) is 15.4. The molecule has 0 saturated carbocycles. The molecule has 0 unspecified atom stereocenters. The van der Waals surface area contributed by atoms with E-state index in [1.165, 1.54) is 6.07 Å². The molecule has 0 spiro atoms. The predicted molar refractivity (Wildman–Crippen MR) is 83.2 cm³/mol. The van der Waals surface area contributed by atoms with Gasteiger partial charge in [0.15, 0.2) is 0 Å². The molecule has 0 saturated heterocycles. The summed E-state index contributed by atoms with van der Waals surface area (Å²) in [4.78, 5) is 15.2. The summed E-state index contributed by atoms with van der Waals surface area (Å²) >= 11 is 0. The van der Waals surface area contributed by atoms with Crippen molar-refractivity contribution in [1.29, 1.82) is 0 Å². The molecule has 2 aromatic carbocycles. The van der Waals surface area contributed by atoms with Crippen LogP contribution in [0.5, 0.6) is 5.75 Å². The van der Waals surface area contributed by atoms with Gasteiger partial charge in [0.1, 0.15) is 5.75 Å². The second-order valence-corrected chi connectivity index (χ2v) is 4.96. The first-order valence-corrected chi connectivity index (χ1v) is 7.10. The van der Waals surface area contributed by atoms with Crippen molar-refractivity contribution in [3.05, 3.63) is 60.4 Å². The van der Waals surface area contributed by atoms with E-state index in [-0.39, 0.29) is 5.56 Å². The smallest absolute Gasteiger partial charge is 0.335 e. The highest BCUT2D eigenvalue weighted by Gasteiger charge is 2.04. The molecular weight excluding hydrogens is 280 g/mol. The van der Waals surface area contributed by atoms with Crippen molar-refractivity contribution in [3.8, 4) is 5.75 Å². The number of benzene rings is 2. The highest BCUT2D eigenvalue weighted by Crippen LogP contribution is 2.15. The van der Waals surface area contributed by atoms with Crippen LogP contribution in [-0.2, 0) is 6.54 Å². The van der Waals surface area contributed by atoms with E-state index >= 15 is 0 Å². The lowest BCUT2D eigenvalue weighted by atomic mass is 10.2. The molecular formula is C17H16N2O3. The fourth-order valence-corrected chi connectivity index (χ4v) is 2.33. The quantitative estimate of drug-likeness (QED) is 0.709. The van der Waals surface area contributed by atoms with E-state index < -0.39 is 5.97 Å². The highest BCUT2D eigenvalue weighted by molar-refractivity contribution is 5.88. The molecule has 0 aliphatic heterocycles. The third-order valence-corrected chi connectivity index (χ3v) is 3.42. The Balaban J connectivity index is 1.55. The molecule has 0 aliphatic rings. The highest BCUT2D eigenvalue weighted by atomic mass is 16.5. The van der Waals surface area contributed by atoms with Crippen LogP contribution in [0.2, 0.25) is 0 Å². The van der Waals surface area contributed by atoms with Crippen LogP contribution in [0.1, 0.15) is 16.8 Å². The third-order valence-electron chi connectivity index (χ3n) is 3.42. The number of aromatic nitrogens is 2. The van der Waals surface area contributed by atoms with E-state index in [2.05, 4.69) is 9.55 Å². The number of rotatable bonds is 6. The fraction of sp³-hybridized carbons (Fsp3) is 0.176. The van der Waals surface area contributed by atoms with Crippen LogP contribution in [0.4, 0.5) is 0 Å². The van der Waals surface area contributed by atoms with Gasteiger partial charge < -0.3 is 14.4 Å². The van der Waals surface area contributed by atoms with Crippen molar-refractivity contribution >= 4 is 17.0 Å². The number of imidazole rings is 1. The zero-order valence-corrected chi connectivity index (χ0v) is 12.0. The maximum Gasteiger partial charge on any atom is 0.335 e. The van der Waals surface area contributed by atoms with Gasteiger partial charge in [-0.05, 0) is 36.8 Å². The first-order valence-electron chi connectivity index (χ1n) is 7.10. The summed E-state index contributed by atoms with van der Waals surface area (Å²) in [5.74, 6) is -0.370. The Kier molecular flexibility index (Phi) is 4.05. The molecule has 3 rings (SSSR count). The van der Waals surface area contributed by atoms with Crippen molar-refractivity contribution in [3.63, 3.8) is 0 Å². The number of nitrogens with zero attached hydrogens (tertiary/aromatic N) is 2. The average molecular weight is 296 g/mol. The molecule has 1 heterocycles. The first-order chi connectivity index (χ1) is 10.7. The van der Waals surface area contributed by atoms with Crippen LogP contribution >= 0.6 is 0 Å². The van der Waals surface area contributed by atoms with E-state index in [1.54, 1.807) is 18.2 Å². The first kappa shape index (κ1) is 14.1. The Morgan fingerprint density at radius 3 is 2.91 bits per heavy atom. The molecule has 0 fully saturated rings. The number of aromatic carboxylic acids is 1. The number of fused-ring (bicyclic) bond motifs is 1. The molecule has 1 aromatic heterocycles. The van der Waals surface area contributed by atoms with Crippen molar-refractivity contribution in [2.75, 3.05) is 6.61 Å². The van der Waals surface area contributed by atoms with Crippen LogP contribution in [0.25, 0.3) is 11.0 Å². The normalized spacial score (nSPS) is 10.7. The summed E-state index contributed by atoms with van der Waals surface area (Å²) in [5, 5.41) is 8.94. The predicted octanol–water partition coefficient (Wildman–Crippen LogP) is 3.20. The molecule has 1 N–H and O–H groups in total. The molecule has 5 nitrogen and oxygen atoms in total. The maximum absolute atomic E-state index is 10.9. The Morgan fingerprint density at radius 1 is 1.18 bits per heavy atom. The van der Waals surface area contributed by atoms with Crippen LogP contribution < -0.4 is 4.74 Å². The summed E-state index contributed by atoms with van der Waals surface area (Å²) in [5.41, 5.74) is 2.33. The van der Waals surface area contributed by atoms with Gasteiger partial charge in [-0.3, -0.25) is 0 Å². The standard InChI is InChI=1S/C17H16N2O3/c20-17(21)13-5-3-6-14(11-13)22-10-4-9-19-12-18-15-7-1-2-8-16(15)19/h1-3,5-8,11-12H,4,9-10H2,(H,20,21). The second-order valence-electron chi connectivity index (χ2n) is 4.96. The Bertz CT molecular complexity index is 795. The second kappa shape index (κ2) is 6.30. The topological polar surface area (TPSA) is 64.3 Å². The minimum absolute atomic E-state index is 0.234. The van der Waals surface area contributed by atoms with Gasteiger partial charge in [0.25, 0.3) is 0 Å². The summed E-state index contributed by atoms with van der Waals surface area (Å²) < 4.78 is 7.70. The molecule has 5 heteroatoms.